The largest absolute Gasteiger partial charge is 0.338 e. The lowest BCUT2D eigenvalue weighted by atomic mass is 10.00. The van der Waals surface area contributed by atoms with Crippen molar-refractivity contribution in [2.24, 2.45) is 5.92 Å². The number of halogens is 1. The standard InChI is InChI=1S/C14H20FN3O/c1-10-4-5-12(7-13(10)15)18-14(19)17-9-11-3-2-6-16-8-11/h4-5,7,11,16H,2-3,6,8-9H2,1H3,(H2,17,18,19). The van der Waals surface area contributed by atoms with Gasteiger partial charge < -0.3 is 16.0 Å². The zero-order valence-corrected chi connectivity index (χ0v) is 11.1. The highest BCUT2D eigenvalue weighted by atomic mass is 19.1. The van der Waals surface area contributed by atoms with Gasteiger partial charge in [0.25, 0.3) is 0 Å². The Kier molecular flexibility index (Phi) is 4.74. The third kappa shape index (κ3) is 4.21. The number of nitrogens with one attached hydrogen (secondary N) is 3. The van der Waals surface area contributed by atoms with Crippen molar-refractivity contribution in [2.45, 2.75) is 19.8 Å². The van der Waals surface area contributed by atoms with Crippen LogP contribution >= 0.6 is 0 Å². The molecule has 4 nitrogen and oxygen atoms in total. The second-order valence-corrected chi connectivity index (χ2v) is 5.01. The number of carbonyl (C=O) groups is 1. The van der Waals surface area contributed by atoms with Crippen molar-refractivity contribution in [3.05, 3.63) is 29.6 Å². The first-order valence-electron chi connectivity index (χ1n) is 6.67. The molecular formula is C14H20FN3O. The van der Waals surface area contributed by atoms with Gasteiger partial charge in [0.05, 0.1) is 0 Å². The predicted molar refractivity (Wildman–Crippen MR) is 73.8 cm³/mol. The summed E-state index contributed by atoms with van der Waals surface area (Å²) in [5.74, 6) is 0.170. The minimum absolute atomic E-state index is 0.283. The van der Waals surface area contributed by atoms with E-state index in [2.05, 4.69) is 16.0 Å². The van der Waals surface area contributed by atoms with E-state index < -0.39 is 0 Å². The molecule has 1 aromatic rings. The fraction of sp³-hybridized carbons (Fsp3) is 0.500. The lowest BCUT2D eigenvalue weighted by Crippen LogP contribution is -2.39. The molecule has 1 atom stereocenters. The van der Waals surface area contributed by atoms with Crippen LogP contribution in [0.3, 0.4) is 0 Å². The second kappa shape index (κ2) is 6.52. The normalized spacial score (nSPS) is 18.9. The van der Waals surface area contributed by atoms with Gasteiger partial charge in [-0.1, -0.05) is 6.07 Å². The SMILES string of the molecule is Cc1ccc(NC(=O)NCC2CCCNC2)cc1F. The number of piperidine rings is 1. The molecule has 3 N–H and O–H groups in total. The van der Waals surface area contributed by atoms with Crippen LogP contribution in [0.15, 0.2) is 18.2 Å². The van der Waals surface area contributed by atoms with Gasteiger partial charge in [0.15, 0.2) is 0 Å². The van der Waals surface area contributed by atoms with E-state index in [1.165, 1.54) is 6.07 Å². The van der Waals surface area contributed by atoms with E-state index in [1.807, 2.05) is 0 Å². The molecule has 1 aliphatic rings. The van der Waals surface area contributed by atoms with Gasteiger partial charge in [-0.25, -0.2) is 9.18 Å². The number of benzene rings is 1. The number of hydrogen-bond donors (Lipinski definition) is 3. The summed E-state index contributed by atoms with van der Waals surface area (Å²) in [4.78, 5) is 11.7. The van der Waals surface area contributed by atoms with Crippen LogP contribution in [-0.2, 0) is 0 Å². The maximum absolute atomic E-state index is 13.3. The van der Waals surface area contributed by atoms with Crippen molar-refractivity contribution < 1.29 is 9.18 Å². The molecule has 2 rings (SSSR count). The molecule has 1 aromatic carbocycles. The fourth-order valence-electron chi connectivity index (χ4n) is 2.18. The molecule has 2 amide bonds. The van der Waals surface area contributed by atoms with Crippen LogP contribution in [0.5, 0.6) is 0 Å². The molecule has 19 heavy (non-hydrogen) atoms. The van der Waals surface area contributed by atoms with Gasteiger partial charge in [-0.2, -0.15) is 0 Å². The highest BCUT2D eigenvalue weighted by Crippen LogP contribution is 2.13. The Hall–Kier alpha value is -1.62. The third-order valence-electron chi connectivity index (χ3n) is 3.38. The Labute approximate surface area is 112 Å². The first kappa shape index (κ1) is 13.8. The van der Waals surface area contributed by atoms with Crippen molar-refractivity contribution in [3.63, 3.8) is 0 Å². The fourth-order valence-corrected chi connectivity index (χ4v) is 2.18. The topological polar surface area (TPSA) is 53.2 Å². The first-order chi connectivity index (χ1) is 9.15. The minimum Gasteiger partial charge on any atom is -0.338 e. The van der Waals surface area contributed by atoms with E-state index in [0.29, 0.717) is 23.7 Å². The molecule has 0 spiro atoms. The van der Waals surface area contributed by atoms with Crippen LogP contribution in [0.25, 0.3) is 0 Å². The molecule has 1 unspecified atom stereocenters. The molecule has 0 radical (unpaired) electrons. The van der Waals surface area contributed by atoms with Crippen LogP contribution in [0.1, 0.15) is 18.4 Å². The van der Waals surface area contributed by atoms with E-state index in [-0.39, 0.29) is 11.8 Å². The molecule has 104 valence electrons. The molecule has 1 aliphatic heterocycles. The van der Waals surface area contributed by atoms with Crippen LogP contribution < -0.4 is 16.0 Å². The maximum Gasteiger partial charge on any atom is 0.319 e. The molecule has 0 saturated carbocycles. The Morgan fingerprint density at radius 1 is 1.53 bits per heavy atom. The van der Waals surface area contributed by atoms with Crippen LogP contribution in [0.2, 0.25) is 0 Å². The summed E-state index contributed by atoms with van der Waals surface area (Å²) in [5.41, 5.74) is 1.04. The number of rotatable bonds is 3. The van der Waals surface area contributed by atoms with Gasteiger partial charge >= 0.3 is 6.03 Å². The average Bonchev–Trinajstić information content (AvgIpc) is 2.42. The monoisotopic (exact) mass is 265 g/mol. The van der Waals surface area contributed by atoms with E-state index in [0.717, 1.165) is 25.9 Å². The van der Waals surface area contributed by atoms with E-state index in [1.54, 1.807) is 19.1 Å². The number of hydrogen-bond acceptors (Lipinski definition) is 2. The zero-order chi connectivity index (χ0) is 13.7. The summed E-state index contributed by atoms with van der Waals surface area (Å²) < 4.78 is 13.3. The van der Waals surface area contributed by atoms with Crippen molar-refractivity contribution in [1.29, 1.82) is 0 Å². The number of amides is 2. The summed E-state index contributed by atoms with van der Waals surface area (Å²) in [6, 6.07) is 4.39. The lowest BCUT2D eigenvalue weighted by molar-refractivity contribution is 0.248. The highest BCUT2D eigenvalue weighted by Gasteiger charge is 2.13. The predicted octanol–water partition coefficient (Wildman–Crippen LogP) is 2.26. The first-order valence-corrected chi connectivity index (χ1v) is 6.67. The number of carbonyl (C=O) groups excluding carboxylic acids is 1. The average molecular weight is 265 g/mol. The van der Waals surface area contributed by atoms with Crippen molar-refractivity contribution in [2.75, 3.05) is 25.0 Å². The molecule has 1 saturated heterocycles. The van der Waals surface area contributed by atoms with Gasteiger partial charge in [-0.15, -0.1) is 0 Å². The van der Waals surface area contributed by atoms with Gasteiger partial charge in [-0.05, 0) is 56.5 Å². The molecular weight excluding hydrogens is 245 g/mol. The molecule has 5 heteroatoms. The number of urea groups is 1. The third-order valence-corrected chi connectivity index (χ3v) is 3.38. The summed E-state index contributed by atoms with van der Waals surface area (Å²) in [5, 5.41) is 8.76. The highest BCUT2D eigenvalue weighted by molar-refractivity contribution is 5.89. The van der Waals surface area contributed by atoms with Crippen molar-refractivity contribution in [3.8, 4) is 0 Å². The molecule has 1 fully saturated rings. The summed E-state index contributed by atoms with van der Waals surface area (Å²) in [6.45, 7) is 4.34. The minimum atomic E-state index is -0.311. The summed E-state index contributed by atoms with van der Waals surface area (Å²) >= 11 is 0. The van der Waals surface area contributed by atoms with E-state index in [4.69, 9.17) is 0 Å². The van der Waals surface area contributed by atoms with Gasteiger partial charge in [0, 0.05) is 12.2 Å². The van der Waals surface area contributed by atoms with E-state index in [9.17, 15) is 9.18 Å². The number of anilines is 1. The molecule has 0 bridgehead atoms. The quantitative estimate of drug-likeness (QED) is 0.785. The molecule has 0 aliphatic carbocycles. The Morgan fingerprint density at radius 3 is 3.05 bits per heavy atom. The summed E-state index contributed by atoms with van der Waals surface area (Å²) in [7, 11) is 0. The van der Waals surface area contributed by atoms with E-state index >= 15 is 0 Å². The Bertz CT molecular complexity index is 444. The Morgan fingerprint density at radius 2 is 2.37 bits per heavy atom. The van der Waals surface area contributed by atoms with Gasteiger partial charge in [0.2, 0.25) is 0 Å². The van der Waals surface area contributed by atoms with Gasteiger partial charge in [-0.3, -0.25) is 0 Å². The van der Waals surface area contributed by atoms with Crippen LogP contribution in [0.4, 0.5) is 14.9 Å². The molecule has 0 aromatic heterocycles. The van der Waals surface area contributed by atoms with Crippen LogP contribution in [-0.4, -0.2) is 25.7 Å². The summed E-state index contributed by atoms with van der Waals surface area (Å²) in [6.07, 6.45) is 2.28. The van der Waals surface area contributed by atoms with Gasteiger partial charge in [0.1, 0.15) is 5.82 Å². The van der Waals surface area contributed by atoms with Crippen molar-refractivity contribution >= 4 is 11.7 Å². The maximum atomic E-state index is 13.3. The lowest BCUT2D eigenvalue weighted by Gasteiger charge is -2.22. The molecule has 1 heterocycles. The van der Waals surface area contributed by atoms with Crippen molar-refractivity contribution in [1.82, 2.24) is 10.6 Å². The second-order valence-electron chi connectivity index (χ2n) is 5.01. The zero-order valence-electron chi connectivity index (χ0n) is 11.1. The number of aryl methyl sites for hydroxylation is 1. The smallest absolute Gasteiger partial charge is 0.319 e. The Balaban J connectivity index is 1.78. The van der Waals surface area contributed by atoms with Crippen LogP contribution in [0, 0.1) is 18.7 Å².